The van der Waals surface area contributed by atoms with E-state index in [1.165, 1.54) is 6.07 Å². The molecule has 0 radical (unpaired) electrons. The summed E-state index contributed by atoms with van der Waals surface area (Å²) in [7, 11) is 0. The topological polar surface area (TPSA) is 84.3 Å². The maximum Gasteiger partial charge on any atom is 0.249 e. The summed E-state index contributed by atoms with van der Waals surface area (Å²) in [6.45, 7) is 3.17. The number of nitrogens with zero attached hydrogens (tertiary/aromatic N) is 4. The number of carbonyl (C=O) groups excluding carboxylic acids is 1. The highest BCUT2D eigenvalue weighted by molar-refractivity contribution is 5.79. The Labute approximate surface area is 185 Å². The number of furan rings is 1. The van der Waals surface area contributed by atoms with Gasteiger partial charge < -0.3 is 8.98 Å². The molecular formula is C24H25FN4O3. The van der Waals surface area contributed by atoms with Gasteiger partial charge in [-0.25, -0.2) is 14.4 Å². The summed E-state index contributed by atoms with van der Waals surface area (Å²) in [5, 5.41) is 10.7. The van der Waals surface area contributed by atoms with Crippen molar-refractivity contribution < 1.29 is 18.4 Å². The predicted octanol–water partition coefficient (Wildman–Crippen LogP) is 4.66. The zero-order chi connectivity index (χ0) is 22.2. The van der Waals surface area contributed by atoms with E-state index in [1.807, 2.05) is 23.6 Å². The van der Waals surface area contributed by atoms with Gasteiger partial charge in [0.15, 0.2) is 0 Å². The molecule has 0 unspecified atom stereocenters. The lowest BCUT2D eigenvalue weighted by Gasteiger charge is -2.31. The minimum Gasteiger partial charge on any atom is -0.469 e. The number of hydrogen-bond acceptors (Lipinski definition) is 5. The standard InChI is InChI=1S/C24H25FN4O3/c1-15-8-19(13-31-15)22-6-7-32-29(22)24(30)17-4-2-16(3-5-17)12-28-14-27-21-10-20(25)18(11-26)9-23(21)28/h8-10,13-14,16-17,22H,2-7,12H2,1H3/t16-,17-,22-/m0/s1. The van der Waals surface area contributed by atoms with E-state index in [0.29, 0.717) is 18.0 Å². The van der Waals surface area contributed by atoms with Gasteiger partial charge in [0.1, 0.15) is 17.6 Å². The number of benzene rings is 1. The molecule has 1 aromatic carbocycles. The summed E-state index contributed by atoms with van der Waals surface area (Å²) in [5.41, 5.74) is 2.34. The first-order valence-corrected chi connectivity index (χ1v) is 11.1. The van der Waals surface area contributed by atoms with E-state index in [-0.39, 0.29) is 23.4 Å². The summed E-state index contributed by atoms with van der Waals surface area (Å²) in [5.74, 6) is 0.707. The molecule has 7 nitrogen and oxygen atoms in total. The maximum absolute atomic E-state index is 13.8. The van der Waals surface area contributed by atoms with Gasteiger partial charge in [-0.15, -0.1) is 0 Å². The molecule has 1 aliphatic carbocycles. The Hall–Kier alpha value is -3.18. The number of aryl methyl sites for hydroxylation is 1. The van der Waals surface area contributed by atoms with Gasteiger partial charge >= 0.3 is 0 Å². The summed E-state index contributed by atoms with van der Waals surface area (Å²) in [4.78, 5) is 23.2. The number of halogens is 1. The van der Waals surface area contributed by atoms with Crippen LogP contribution in [-0.2, 0) is 16.2 Å². The second-order valence-electron chi connectivity index (χ2n) is 8.84. The summed E-state index contributed by atoms with van der Waals surface area (Å²) in [6.07, 6.45) is 7.66. The maximum atomic E-state index is 13.8. The normalized spacial score (nSPS) is 23.5. The van der Waals surface area contributed by atoms with Gasteiger partial charge in [0, 0.05) is 30.5 Å². The van der Waals surface area contributed by atoms with Crippen LogP contribution in [0.2, 0.25) is 0 Å². The van der Waals surface area contributed by atoms with Crippen LogP contribution >= 0.6 is 0 Å². The molecule has 3 aromatic rings. The average molecular weight is 436 g/mol. The first kappa shape index (κ1) is 20.7. The SMILES string of the molecule is Cc1cc([C@@H]2CCON2C(=O)[C@H]2CC[C@H](Cn3cnc4cc(F)c(C#N)cc43)CC2)co1. The van der Waals surface area contributed by atoms with E-state index in [9.17, 15) is 9.18 Å². The smallest absolute Gasteiger partial charge is 0.249 e. The number of aromatic nitrogens is 2. The Morgan fingerprint density at radius 1 is 1.25 bits per heavy atom. The predicted molar refractivity (Wildman–Crippen MR) is 113 cm³/mol. The highest BCUT2D eigenvalue weighted by Gasteiger charge is 2.37. The summed E-state index contributed by atoms with van der Waals surface area (Å²) in [6, 6.07) is 6.66. The number of fused-ring (bicyclic) bond motifs is 1. The van der Waals surface area contributed by atoms with Gasteiger partial charge in [-0.3, -0.25) is 9.63 Å². The zero-order valence-electron chi connectivity index (χ0n) is 18.0. The van der Waals surface area contributed by atoms with E-state index in [2.05, 4.69) is 4.98 Å². The van der Waals surface area contributed by atoms with Crippen LogP contribution in [0.25, 0.3) is 11.0 Å². The van der Waals surface area contributed by atoms with Crippen LogP contribution < -0.4 is 0 Å². The van der Waals surface area contributed by atoms with E-state index in [4.69, 9.17) is 14.5 Å². The molecule has 5 rings (SSSR count). The van der Waals surface area contributed by atoms with Gasteiger partial charge in [-0.1, -0.05) is 0 Å². The third-order valence-corrected chi connectivity index (χ3v) is 6.74. The first-order valence-electron chi connectivity index (χ1n) is 11.1. The molecule has 1 amide bonds. The molecular weight excluding hydrogens is 411 g/mol. The van der Waals surface area contributed by atoms with Crippen LogP contribution in [0.4, 0.5) is 4.39 Å². The fourth-order valence-corrected chi connectivity index (χ4v) is 4.99. The summed E-state index contributed by atoms with van der Waals surface area (Å²) >= 11 is 0. The van der Waals surface area contributed by atoms with Crippen molar-refractivity contribution in [3.8, 4) is 6.07 Å². The molecule has 1 aliphatic heterocycles. The van der Waals surface area contributed by atoms with Crippen LogP contribution in [-0.4, -0.2) is 27.1 Å². The fraction of sp³-hybridized carbons (Fsp3) is 0.458. The first-order chi connectivity index (χ1) is 15.5. The van der Waals surface area contributed by atoms with Crippen LogP contribution in [0.15, 0.2) is 35.2 Å². The fourth-order valence-electron chi connectivity index (χ4n) is 4.99. The lowest BCUT2D eigenvalue weighted by Crippen LogP contribution is -2.36. The van der Waals surface area contributed by atoms with Crippen molar-refractivity contribution in [1.82, 2.24) is 14.6 Å². The number of amides is 1. The number of hydroxylamine groups is 2. The molecule has 0 N–H and O–H groups in total. The highest BCUT2D eigenvalue weighted by atomic mass is 19.1. The quantitative estimate of drug-likeness (QED) is 0.594. The lowest BCUT2D eigenvalue weighted by atomic mass is 9.81. The molecule has 2 fully saturated rings. The number of hydrogen-bond donors (Lipinski definition) is 0. The second-order valence-corrected chi connectivity index (χ2v) is 8.84. The number of carbonyl (C=O) groups is 1. The van der Waals surface area contributed by atoms with Gasteiger partial charge in [-0.05, 0) is 50.7 Å². The van der Waals surface area contributed by atoms with Crippen LogP contribution in [0.3, 0.4) is 0 Å². The molecule has 8 heteroatoms. The van der Waals surface area contributed by atoms with Crippen LogP contribution in [0.5, 0.6) is 0 Å². The molecule has 2 aliphatic rings. The molecule has 1 atom stereocenters. The molecule has 0 bridgehead atoms. The molecule has 166 valence electrons. The minimum atomic E-state index is -0.544. The molecule has 1 saturated carbocycles. The van der Waals surface area contributed by atoms with Crippen molar-refractivity contribution in [2.75, 3.05) is 6.61 Å². The minimum absolute atomic E-state index is 0.0292. The Morgan fingerprint density at radius 3 is 2.78 bits per heavy atom. The number of imidazole rings is 1. The molecule has 2 aromatic heterocycles. The van der Waals surface area contributed by atoms with Gasteiger partial charge in [0.2, 0.25) is 5.91 Å². The van der Waals surface area contributed by atoms with Crippen LogP contribution in [0.1, 0.15) is 55.0 Å². The van der Waals surface area contributed by atoms with Gasteiger partial charge in [0.05, 0.1) is 41.8 Å². The van der Waals surface area contributed by atoms with Crippen molar-refractivity contribution in [3.05, 3.63) is 53.5 Å². The number of rotatable bonds is 4. The van der Waals surface area contributed by atoms with Crippen molar-refractivity contribution in [2.24, 2.45) is 11.8 Å². The van der Waals surface area contributed by atoms with Crippen molar-refractivity contribution >= 4 is 16.9 Å². The van der Waals surface area contributed by atoms with E-state index >= 15 is 0 Å². The monoisotopic (exact) mass is 436 g/mol. The number of nitriles is 1. The molecule has 0 spiro atoms. The lowest BCUT2D eigenvalue weighted by molar-refractivity contribution is -0.183. The third-order valence-electron chi connectivity index (χ3n) is 6.74. The molecule has 3 heterocycles. The van der Waals surface area contributed by atoms with Gasteiger partial charge in [-0.2, -0.15) is 5.26 Å². The third kappa shape index (κ3) is 3.78. The van der Waals surface area contributed by atoms with E-state index < -0.39 is 5.82 Å². The van der Waals surface area contributed by atoms with Crippen molar-refractivity contribution in [2.45, 2.75) is 51.6 Å². The van der Waals surface area contributed by atoms with Crippen molar-refractivity contribution in [1.29, 1.82) is 5.26 Å². The van der Waals surface area contributed by atoms with E-state index in [0.717, 1.165) is 55.5 Å². The van der Waals surface area contributed by atoms with Crippen LogP contribution in [0, 0.1) is 35.9 Å². The summed E-state index contributed by atoms with van der Waals surface area (Å²) < 4.78 is 21.3. The Kier molecular flexibility index (Phi) is 5.43. The zero-order valence-corrected chi connectivity index (χ0v) is 18.0. The Balaban J connectivity index is 1.22. The molecule has 32 heavy (non-hydrogen) atoms. The molecule has 1 saturated heterocycles. The van der Waals surface area contributed by atoms with Crippen molar-refractivity contribution in [3.63, 3.8) is 0 Å². The Bertz CT molecular complexity index is 1190. The average Bonchev–Trinajstić information content (AvgIpc) is 3.53. The Morgan fingerprint density at radius 2 is 2.06 bits per heavy atom. The highest BCUT2D eigenvalue weighted by Crippen LogP contribution is 2.37. The van der Waals surface area contributed by atoms with E-state index in [1.54, 1.807) is 23.7 Å². The second kappa shape index (κ2) is 8.40. The largest absolute Gasteiger partial charge is 0.469 e. The van der Waals surface area contributed by atoms with Gasteiger partial charge in [0.25, 0.3) is 0 Å².